The van der Waals surface area contributed by atoms with Crippen molar-refractivity contribution < 1.29 is 0 Å². The van der Waals surface area contributed by atoms with Crippen molar-refractivity contribution in [1.29, 1.82) is 0 Å². The molecule has 0 saturated carbocycles. The summed E-state index contributed by atoms with van der Waals surface area (Å²) in [5, 5.41) is 0.968. The van der Waals surface area contributed by atoms with Crippen LogP contribution in [-0.4, -0.2) is 14.9 Å². The van der Waals surface area contributed by atoms with Gasteiger partial charge in [0.2, 0.25) is 0 Å². The fraction of sp³-hybridized carbons (Fsp3) is 0.250. The van der Waals surface area contributed by atoms with Gasteiger partial charge in [-0.1, -0.05) is 46.3 Å². The maximum Gasteiger partial charge on any atom is 0.0952 e. The van der Waals surface area contributed by atoms with E-state index in [-0.39, 0.29) is 0 Å². The Morgan fingerprint density at radius 2 is 2.00 bits per heavy atom. The number of halogens is 1. The molecule has 0 saturated heterocycles. The molecule has 0 aliphatic heterocycles. The number of aromatic nitrogens is 2. The van der Waals surface area contributed by atoms with E-state index in [9.17, 15) is 0 Å². The monoisotopic (exact) mass is 264 g/mol. The first kappa shape index (κ1) is 10.4. The van der Waals surface area contributed by atoms with Gasteiger partial charge in [-0.3, -0.25) is 0 Å². The van der Waals surface area contributed by atoms with Gasteiger partial charge in [-0.05, 0) is 5.56 Å². The summed E-state index contributed by atoms with van der Waals surface area (Å²) in [6.45, 7) is 0.899. The van der Waals surface area contributed by atoms with Crippen LogP contribution in [0.15, 0.2) is 42.9 Å². The zero-order valence-electron chi connectivity index (χ0n) is 8.44. The third-order valence-corrected chi connectivity index (χ3v) is 2.64. The maximum atomic E-state index is 4.34. The van der Waals surface area contributed by atoms with Crippen molar-refractivity contribution in [3.05, 3.63) is 54.1 Å². The average Bonchev–Trinajstić information content (AvgIpc) is 2.68. The Kier molecular flexibility index (Phi) is 3.56. The lowest BCUT2D eigenvalue weighted by Crippen LogP contribution is -1.95. The largest absolute Gasteiger partial charge is 0.333 e. The van der Waals surface area contributed by atoms with Gasteiger partial charge in [0.15, 0.2) is 0 Å². The number of aryl methyl sites for hydroxylation is 1. The van der Waals surface area contributed by atoms with Gasteiger partial charge < -0.3 is 4.57 Å². The fourth-order valence-corrected chi connectivity index (χ4v) is 1.92. The molecular weight excluding hydrogens is 252 g/mol. The molecule has 3 heteroatoms. The first-order valence-corrected chi connectivity index (χ1v) is 6.11. The third-order valence-electron chi connectivity index (χ3n) is 2.25. The summed E-state index contributed by atoms with van der Waals surface area (Å²) < 4.78 is 2.12. The Labute approximate surface area is 98.1 Å². The molecule has 78 valence electrons. The lowest BCUT2D eigenvalue weighted by molar-refractivity contribution is 0.796. The highest BCUT2D eigenvalue weighted by molar-refractivity contribution is 9.09. The minimum absolute atomic E-state index is 0.899. The van der Waals surface area contributed by atoms with E-state index in [0.717, 1.165) is 24.0 Å². The van der Waals surface area contributed by atoms with E-state index in [0.29, 0.717) is 0 Å². The van der Waals surface area contributed by atoms with E-state index >= 15 is 0 Å². The second-order valence-electron chi connectivity index (χ2n) is 3.46. The number of hydrogen-bond acceptors (Lipinski definition) is 1. The number of nitrogens with zero attached hydrogens (tertiary/aromatic N) is 2. The van der Waals surface area contributed by atoms with Gasteiger partial charge >= 0.3 is 0 Å². The number of benzene rings is 1. The summed E-state index contributed by atoms with van der Waals surface area (Å²) in [6, 6.07) is 10.4. The van der Waals surface area contributed by atoms with Gasteiger partial charge in [0.1, 0.15) is 0 Å². The standard InChI is InChI=1S/C12H13BrN2/c13-7-6-12-9-15(10-14-12)8-11-4-2-1-3-5-11/h1-5,9-10H,6-8H2. The first-order valence-electron chi connectivity index (χ1n) is 4.99. The van der Waals surface area contributed by atoms with E-state index in [1.54, 1.807) is 0 Å². The molecule has 0 spiro atoms. The predicted molar refractivity (Wildman–Crippen MR) is 65.3 cm³/mol. The van der Waals surface area contributed by atoms with Gasteiger partial charge in [0, 0.05) is 24.5 Å². The minimum Gasteiger partial charge on any atom is -0.333 e. The average molecular weight is 265 g/mol. The van der Waals surface area contributed by atoms with Gasteiger partial charge in [-0.25, -0.2) is 4.98 Å². The second kappa shape index (κ2) is 5.12. The van der Waals surface area contributed by atoms with Crippen molar-refractivity contribution in [1.82, 2.24) is 9.55 Å². The van der Waals surface area contributed by atoms with Crippen molar-refractivity contribution in [2.75, 3.05) is 5.33 Å². The molecular formula is C12H13BrN2. The molecule has 2 rings (SSSR count). The summed E-state index contributed by atoms with van der Waals surface area (Å²) in [4.78, 5) is 4.34. The van der Waals surface area contributed by atoms with Crippen LogP contribution in [0.3, 0.4) is 0 Å². The Bertz CT molecular complexity index is 409. The van der Waals surface area contributed by atoms with Crippen molar-refractivity contribution in [3.8, 4) is 0 Å². The molecule has 1 aromatic heterocycles. The Morgan fingerprint density at radius 3 is 2.73 bits per heavy atom. The van der Waals surface area contributed by atoms with Crippen LogP contribution < -0.4 is 0 Å². The molecule has 1 aromatic carbocycles. The lowest BCUT2D eigenvalue weighted by Gasteiger charge is -2.00. The van der Waals surface area contributed by atoms with E-state index in [2.05, 4.69) is 55.9 Å². The van der Waals surface area contributed by atoms with Gasteiger partial charge in [-0.15, -0.1) is 0 Å². The molecule has 0 fully saturated rings. The van der Waals surface area contributed by atoms with Crippen LogP contribution in [0.4, 0.5) is 0 Å². The molecule has 15 heavy (non-hydrogen) atoms. The lowest BCUT2D eigenvalue weighted by atomic mass is 10.2. The van der Waals surface area contributed by atoms with Crippen molar-refractivity contribution in [2.45, 2.75) is 13.0 Å². The van der Waals surface area contributed by atoms with Crippen LogP contribution in [0.2, 0.25) is 0 Å². The quantitative estimate of drug-likeness (QED) is 0.777. The third kappa shape index (κ3) is 2.93. The molecule has 0 unspecified atom stereocenters. The molecule has 2 aromatic rings. The molecule has 0 amide bonds. The Balaban J connectivity index is 2.05. The van der Waals surface area contributed by atoms with E-state index in [1.807, 2.05) is 12.4 Å². The number of rotatable bonds is 4. The fourth-order valence-electron chi connectivity index (χ4n) is 1.51. The topological polar surface area (TPSA) is 17.8 Å². The zero-order chi connectivity index (χ0) is 10.5. The predicted octanol–water partition coefficient (Wildman–Crippen LogP) is 2.87. The molecule has 1 heterocycles. The summed E-state index contributed by atoms with van der Waals surface area (Å²) in [5.41, 5.74) is 2.45. The minimum atomic E-state index is 0.899. The molecule has 0 aliphatic carbocycles. The highest BCUT2D eigenvalue weighted by Crippen LogP contribution is 2.04. The van der Waals surface area contributed by atoms with Crippen LogP contribution in [0.25, 0.3) is 0 Å². The second-order valence-corrected chi connectivity index (χ2v) is 4.25. The van der Waals surface area contributed by atoms with E-state index < -0.39 is 0 Å². The highest BCUT2D eigenvalue weighted by Gasteiger charge is 1.98. The van der Waals surface area contributed by atoms with E-state index in [1.165, 1.54) is 5.56 Å². The number of alkyl halides is 1. The summed E-state index contributed by atoms with van der Waals surface area (Å²) >= 11 is 3.41. The Hall–Kier alpha value is -1.09. The normalized spacial score (nSPS) is 10.5. The highest BCUT2D eigenvalue weighted by atomic mass is 79.9. The van der Waals surface area contributed by atoms with E-state index in [4.69, 9.17) is 0 Å². The number of imidazole rings is 1. The van der Waals surface area contributed by atoms with Crippen LogP contribution in [-0.2, 0) is 13.0 Å². The molecule has 0 N–H and O–H groups in total. The number of hydrogen-bond donors (Lipinski definition) is 0. The van der Waals surface area contributed by atoms with Crippen LogP contribution >= 0.6 is 15.9 Å². The summed E-state index contributed by atoms with van der Waals surface area (Å²) in [7, 11) is 0. The maximum absolute atomic E-state index is 4.34. The summed E-state index contributed by atoms with van der Waals surface area (Å²) in [6.07, 6.45) is 4.99. The van der Waals surface area contributed by atoms with Crippen molar-refractivity contribution >= 4 is 15.9 Å². The molecule has 0 bridgehead atoms. The van der Waals surface area contributed by atoms with Crippen LogP contribution in [0.5, 0.6) is 0 Å². The van der Waals surface area contributed by atoms with Crippen LogP contribution in [0.1, 0.15) is 11.3 Å². The van der Waals surface area contributed by atoms with Crippen molar-refractivity contribution in [2.24, 2.45) is 0 Å². The summed E-state index contributed by atoms with van der Waals surface area (Å²) in [5.74, 6) is 0. The molecule has 0 radical (unpaired) electrons. The van der Waals surface area contributed by atoms with Gasteiger partial charge in [-0.2, -0.15) is 0 Å². The molecule has 2 nitrogen and oxygen atoms in total. The Morgan fingerprint density at radius 1 is 1.20 bits per heavy atom. The van der Waals surface area contributed by atoms with Gasteiger partial charge in [0.05, 0.1) is 12.0 Å². The van der Waals surface area contributed by atoms with Crippen molar-refractivity contribution in [3.63, 3.8) is 0 Å². The van der Waals surface area contributed by atoms with Gasteiger partial charge in [0.25, 0.3) is 0 Å². The first-order chi connectivity index (χ1) is 7.38. The SMILES string of the molecule is BrCCc1cn(Cc2ccccc2)cn1. The van der Waals surface area contributed by atoms with Crippen LogP contribution in [0, 0.1) is 0 Å². The zero-order valence-corrected chi connectivity index (χ0v) is 10.0. The smallest absolute Gasteiger partial charge is 0.0952 e. The molecule has 0 atom stereocenters. The molecule has 0 aliphatic rings.